The first-order valence-electron chi connectivity index (χ1n) is 12.3. The normalized spacial score (nSPS) is 14.9. The molecule has 8 heteroatoms. The molecule has 0 saturated heterocycles. The van der Waals surface area contributed by atoms with Gasteiger partial charge >= 0.3 is 0 Å². The quantitative estimate of drug-likeness (QED) is 0.246. The summed E-state index contributed by atoms with van der Waals surface area (Å²) in [5.41, 5.74) is 6.99. The van der Waals surface area contributed by atoms with Crippen molar-refractivity contribution in [3.63, 3.8) is 0 Å². The average Bonchev–Trinajstić information content (AvgIpc) is 3.48. The van der Waals surface area contributed by atoms with Crippen molar-refractivity contribution in [3.05, 3.63) is 70.0 Å². The number of hydrogen-bond acceptors (Lipinski definition) is 6. The molecule has 0 atom stereocenters. The number of fused-ring (bicyclic) bond motifs is 2. The Bertz CT molecular complexity index is 1430. The van der Waals surface area contributed by atoms with Gasteiger partial charge in [-0.1, -0.05) is 23.7 Å². The van der Waals surface area contributed by atoms with E-state index in [1.807, 2.05) is 29.6 Å². The van der Waals surface area contributed by atoms with E-state index in [1.54, 1.807) is 18.9 Å². The maximum Gasteiger partial charge on any atom is 0.165 e. The van der Waals surface area contributed by atoms with Crippen LogP contribution in [0.25, 0.3) is 16.8 Å². The van der Waals surface area contributed by atoms with Crippen LogP contribution in [0.3, 0.4) is 0 Å². The van der Waals surface area contributed by atoms with Crippen molar-refractivity contribution in [3.8, 4) is 16.9 Å². The molecule has 0 amide bonds. The number of aryl methyl sites for hydroxylation is 1. The monoisotopic (exact) mass is 520 g/mol. The molecule has 2 aromatic carbocycles. The Morgan fingerprint density at radius 3 is 2.67 bits per heavy atom. The Kier molecular flexibility index (Phi) is 6.32. The molecule has 1 aliphatic heterocycles. The number of nitrogens with zero attached hydrogens (tertiary/aromatic N) is 4. The molecule has 2 aliphatic rings. The minimum Gasteiger partial charge on any atom is -0.497 e. The minimum atomic E-state index is 0.512. The molecule has 0 N–H and O–H groups in total. The fourth-order valence-electron chi connectivity index (χ4n) is 4.99. The van der Waals surface area contributed by atoms with Crippen LogP contribution in [0.5, 0.6) is 5.75 Å². The zero-order valence-electron chi connectivity index (χ0n) is 20.8. The molecule has 6 rings (SSSR count). The van der Waals surface area contributed by atoms with E-state index in [4.69, 9.17) is 31.2 Å². The molecule has 0 radical (unpaired) electrons. The number of aromatic nitrogens is 3. The molecule has 186 valence electrons. The van der Waals surface area contributed by atoms with Crippen LogP contribution < -0.4 is 9.64 Å². The van der Waals surface area contributed by atoms with E-state index in [0.29, 0.717) is 24.2 Å². The first-order chi connectivity index (χ1) is 17.6. The molecule has 2 aromatic heterocycles. The van der Waals surface area contributed by atoms with E-state index in [1.165, 1.54) is 23.3 Å². The summed E-state index contributed by atoms with van der Waals surface area (Å²) in [5, 5.41) is 5.65. The summed E-state index contributed by atoms with van der Waals surface area (Å²) in [6.45, 7) is 4.90. The second-order valence-corrected chi connectivity index (χ2v) is 10.9. The Balaban J connectivity index is 1.51. The molecular formula is C28H29ClN4O2S. The van der Waals surface area contributed by atoms with Gasteiger partial charge in [0.1, 0.15) is 11.6 Å². The predicted molar refractivity (Wildman–Crippen MR) is 145 cm³/mol. The minimum absolute atomic E-state index is 0.512. The second kappa shape index (κ2) is 9.61. The van der Waals surface area contributed by atoms with Gasteiger partial charge in [0.25, 0.3) is 0 Å². The summed E-state index contributed by atoms with van der Waals surface area (Å²) in [4.78, 5) is 8.82. The topological polar surface area (TPSA) is 51.9 Å². The molecule has 1 aliphatic carbocycles. The van der Waals surface area contributed by atoms with Crippen molar-refractivity contribution in [1.29, 1.82) is 0 Å². The third kappa shape index (κ3) is 4.33. The maximum absolute atomic E-state index is 6.72. The Labute approximate surface area is 220 Å². The lowest BCUT2D eigenvalue weighted by molar-refractivity contribution is 0.133. The highest BCUT2D eigenvalue weighted by Gasteiger charge is 2.31. The molecule has 6 nitrogen and oxygen atoms in total. The Hall–Kier alpha value is -2.74. The van der Waals surface area contributed by atoms with Gasteiger partial charge in [-0.15, -0.1) is 11.8 Å². The van der Waals surface area contributed by atoms with Crippen LogP contribution in [-0.2, 0) is 24.5 Å². The number of thioether (sulfide) groups is 1. The zero-order valence-corrected chi connectivity index (χ0v) is 22.3. The highest BCUT2D eigenvalue weighted by atomic mass is 35.5. The van der Waals surface area contributed by atoms with E-state index in [9.17, 15) is 0 Å². The van der Waals surface area contributed by atoms with Crippen LogP contribution in [0.1, 0.15) is 35.4 Å². The Morgan fingerprint density at radius 1 is 1.17 bits per heavy atom. The van der Waals surface area contributed by atoms with Crippen molar-refractivity contribution >= 4 is 34.8 Å². The van der Waals surface area contributed by atoms with Crippen LogP contribution in [0.15, 0.2) is 47.4 Å². The number of hydrogen-bond donors (Lipinski definition) is 0. The molecular weight excluding hydrogens is 492 g/mol. The van der Waals surface area contributed by atoms with E-state index >= 15 is 0 Å². The predicted octanol–water partition coefficient (Wildman–Crippen LogP) is 6.54. The van der Waals surface area contributed by atoms with Gasteiger partial charge in [-0.3, -0.25) is 0 Å². The van der Waals surface area contributed by atoms with Crippen LogP contribution in [-0.4, -0.2) is 34.5 Å². The van der Waals surface area contributed by atoms with Crippen LogP contribution >= 0.6 is 23.4 Å². The molecule has 1 fully saturated rings. The highest BCUT2D eigenvalue weighted by molar-refractivity contribution is 7.98. The third-order valence-electron chi connectivity index (χ3n) is 7.03. The number of ether oxygens (including phenoxy) is 2. The van der Waals surface area contributed by atoms with Crippen molar-refractivity contribution in [2.24, 2.45) is 5.92 Å². The summed E-state index contributed by atoms with van der Waals surface area (Å²) in [5.74, 6) is 2.53. The van der Waals surface area contributed by atoms with Gasteiger partial charge in [-0.05, 0) is 67.8 Å². The van der Waals surface area contributed by atoms with E-state index in [2.05, 4.69) is 35.4 Å². The summed E-state index contributed by atoms with van der Waals surface area (Å²) in [6, 6.07) is 14.6. The van der Waals surface area contributed by atoms with Gasteiger partial charge in [0.2, 0.25) is 0 Å². The van der Waals surface area contributed by atoms with Crippen molar-refractivity contribution in [2.45, 2.75) is 44.4 Å². The summed E-state index contributed by atoms with van der Waals surface area (Å²) in [7, 11) is 1.64. The molecule has 4 aromatic rings. The number of benzene rings is 2. The van der Waals surface area contributed by atoms with Gasteiger partial charge in [0, 0.05) is 29.1 Å². The first kappa shape index (κ1) is 23.6. The molecule has 0 spiro atoms. The lowest BCUT2D eigenvalue weighted by Gasteiger charge is -2.27. The summed E-state index contributed by atoms with van der Waals surface area (Å²) >= 11 is 8.49. The number of methoxy groups -OCH3 is 1. The zero-order chi connectivity index (χ0) is 24.8. The fraction of sp³-hybridized carbons (Fsp3) is 0.357. The smallest absolute Gasteiger partial charge is 0.165 e. The fourth-order valence-corrected chi connectivity index (χ4v) is 5.66. The second-order valence-electron chi connectivity index (χ2n) is 9.57. The molecule has 1 saturated carbocycles. The van der Waals surface area contributed by atoms with Gasteiger partial charge in [-0.25, -0.2) is 4.98 Å². The summed E-state index contributed by atoms with van der Waals surface area (Å²) in [6.07, 6.45) is 4.66. The van der Waals surface area contributed by atoms with E-state index in [0.717, 1.165) is 58.4 Å². The van der Waals surface area contributed by atoms with Gasteiger partial charge in [0.05, 0.1) is 42.3 Å². The van der Waals surface area contributed by atoms with Crippen molar-refractivity contribution in [1.82, 2.24) is 14.6 Å². The molecule has 0 unspecified atom stereocenters. The van der Waals surface area contributed by atoms with Crippen molar-refractivity contribution < 1.29 is 9.47 Å². The molecule has 0 bridgehead atoms. The third-order valence-corrected chi connectivity index (χ3v) is 8.09. The van der Waals surface area contributed by atoms with Gasteiger partial charge in [-0.2, -0.15) is 9.61 Å². The molecule has 36 heavy (non-hydrogen) atoms. The average molecular weight is 521 g/mol. The highest BCUT2D eigenvalue weighted by Crippen LogP contribution is 2.40. The van der Waals surface area contributed by atoms with E-state index in [-0.39, 0.29) is 0 Å². The van der Waals surface area contributed by atoms with E-state index < -0.39 is 0 Å². The van der Waals surface area contributed by atoms with Crippen LogP contribution in [0.2, 0.25) is 5.02 Å². The lowest BCUT2D eigenvalue weighted by Crippen LogP contribution is -2.29. The summed E-state index contributed by atoms with van der Waals surface area (Å²) < 4.78 is 13.3. The number of halogens is 1. The number of anilines is 1. The lowest BCUT2D eigenvalue weighted by atomic mass is 10.1. The standard InChI is InChI=1S/C28H29ClN4O2S/c1-17-26(22-11-8-20(34-2)12-24(22)29)27-30-25-16-35-15-23(25)28(33(27)31-17)32(13-18-4-5-18)14-19-6-9-21(36-3)10-7-19/h6-12,18H,4-5,13-16H2,1-3H3. The van der Waals surface area contributed by atoms with Crippen LogP contribution in [0.4, 0.5) is 5.82 Å². The van der Waals surface area contributed by atoms with Crippen LogP contribution in [0, 0.1) is 12.8 Å². The van der Waals surface area contributed by atoms with Crippen molar-refractivity contribution in [2.75, 3.05) is 24.8 Å². The SMILES string of the molecule is COc1ccc(-c2c(C)nn3c(N(Cc4ccc(SC)cc4)CC4CC4)c4c(nc23)COC4)c(Cl)c1. The first-order valence-corrected chi connectivity index (χ1v) is 13.9. The van der Waals surface area contributed by atoms with Gasteiger partial charge in [0.15, 0.2) is 5.65 Å². The maximum atomic E-state index is 6.72. The number of rotatable bonds is 8. The largest absolute Gasteiger partial charge is 0.497 e. The Morgan fingerprint density at radius 2 is 1.97 bits per heavy atom. The van der Waals surface area contributed by atoms with Gasteiger partial charge < -0.3 is 14.4 Å². The molecule has 3 heterocycles.